The van der Waals surface area contributed by atoms with Gasteiger partial charge < -0.3 is 10.1 Å². The predicted molar refractivity (Wildman–Crippen MR) is 74.8 cm³/mol. The number of pyridine rings is 1. The van der Waals surface area contributed by atoms with Crippen LogP contribution >= 0.6 is 22.6 Å². The Bertz CT molecular complexity index is 413. The van der Waals surface area contributed by atoms with Crippen molar-refractivity contribution in [3.05, 3.63) is 27.1 Å². The fraction of sp³-hybridized carbons (Fsp3) is 0.500. The summed E-state index contributed by atoms with van der Waals surface area (Å²) < 4.78 is 6.23. The van der Waals surface area contributed by atoms with Crippen molar-refractivity contribution in [3.8, 4) is 0 Å². The van der Waals surface area contributed by atoms with Gasteiger partial charge in [0.2, 0.25) is 0 Å². The predicted octanol–water partition coefficient (Wildman–Crippen LogP) is 3.02. The first-order valence-corrected chi connectivity index (χ1v) is 6.44. The molecule has 94 valence electrons. The Morgan fingerprint density at radius 1 is 1.53 bits per heavy atom. The number of aromatic nitrogens is 1. The summed E-state index contributed by atoms with van der Waals surface area (Å²) in [6, 6.07) is 2.03. The van der Waals surface area contributed by atoms with Gasteiger partial charge in [0.25, 0.3) is 0 Å². The second-order valence-electron chi connectivity index (χ2n) is 4.77. The molecule has 0 unspecified atom stereocenters. The minimum Gasteiger partial charge on any atom is -0.444 e. The zero-order valence-electron chi connectivity index (χ0n) is 10.5. The number of alkyl carbamates (subject to hydrolysis) is 1. The third-order valence-corrected chi connectivity index (χ3v) is 2.54. The quantitative estimate of drug-likeness (QED) is 0.836. The molecule has 1 amide bonds. The molecular formula is C12H17IN2O2. The summed E-state index contributed by atoms with van der Waals surface area (Å²) in [7, 11) is 0. The molecule has 17 heavy (non-hydrogen) atoms. The van der Waals surface area contributed by atoms with E-state index in [1.807, 2.05) is 33.8 Å². The van der Waals surface area contributed by atoms with Crippen molar-refractivity contribution in [1.29, 1.82) is 0 Å². The second-order valence-corrected chi connectivity index (χ2v) is 6.02. The van der Waals surface area contributed by atoms with E-state index >= 15 is 0 Å². The maximum Gasteiger partial charge on any atom is 0.407 e. The van der Waals surface area contributed by atoms with Crippen LogP contribution in [0.5, 0.6) is 0 Å². The van der Waals surface area contributed by atoms with E-state index in [0.717, 1.165) is 14.8 Å². The average molecular weight is 348 g/mol. The number of nitrogens with one attached hydrogen (secondary N) is 1. The van der Waals surface area contributed by atoms with Gasteiger partial charge in [-0.05, 0) is 61.9 Å². The molecule has 0 bridgehead atoms. The molecule has 1 aromatic rings. The van der Waals surface area contributed by atoms with Crippen molar-refractivity contribution in [2.75, 3.05) is 0 Å². The third-order valence-electron chi connectivity index (χ3n) is 1.95. The number of nitrogens with zero attached hydrogens (tertiary/aromatic N) is 1. The normalized spacial score (nSPS) is 11.1. The Morgan fingerprint density at radius 3 is 2.71 bits per heavy atom. The number of carbonyl (C=O) groups excluding carboxylic acids is 1. The van der Waals surface area contributed by atoms with Crippen molar-refractivity contribution in [3.63, 3.8) is 0 Å². The minimum atomic E-state index is -0.474. The summed E-state index contributed by atoms with van der Waals surface area (Å²) in [6.07, 6.45) is 1.36. The Balaban J connectivity index is 2.53. The molecule has 0 spiro atoms. The largest absolute Gasteiger partial charge is 0.444 e. The standard InChI is InChI=1S/C12H17IN2O2/c1-8-5-9(13)6-14-10(8)7-15-11(16)17-12(2,3)4/h5-6H,7H2,1-4H3,(H,15,16). The van der Waals surface area contributed by atoms with Crippen molar-refractivity contribution in [2.24, 2.45) is 0 Å². The molecule has 0 fully saturated rings. The third kappa shape index (κ3) is 5.34. The first kappa shape index (κ1) is 14.2. The summed E-state index contributed by atoms with van der Waals surface area (Å²) >= 11 is 2.21. The van der Waals surface area contributed by atoms with Crippen molar-refractivity contribution < 1.29 is 9.53 Å². The van der Waals surface area contributed by atoms with Gasteiger partial charge in [-0.25, -0.2) is 4.79 Å². The number of halogens is 1. The van der Waals surface area contributed by atoms with Gasteiger partial charge in [0.05, 0.1) is 12.2 Å². The SMILES string of the molecule is Cc1cc(I)cnc1CNC(=O)OC(C)(C)C. The van der Waals surface area contributed by atoms with Gasteiger partial charge in [-0.1, -0.05) is 0 Å². The molecule has 0 saturated carbocycles. The van der Waals surface area contributed by atoms with Crippen LogP contribution in [0.2, 0.25) is 0 Å². The Morgan fingerprint density at radius 2 is 2.18 bits per heavy atom. The van der Waals surface area contributed by atoms with E-state index in [0.29, 0.717) is 6.54 Å². The number of hydrogen-bond acceptors (Lipinski definition) is 3. The number of ether oxygens (including phenoxy) is 1. The lowest BCUT2D eigenvalue weighted by molar-refractivity contribution is 0.0523. The van der Waals surface area contributed by atoms with E-state index in [1.54, 1.807) is 6.20 Å². The zero-order valence-corrected chi connectivity index (χ0v) is 12.7. The molecule has 0 atom stereocenters. The highest BCUT2D eigenvalue weighted by molar-refractivity contribution is 14.1. The smallest absolute Gasteiger partial charge is 0.407 e. The van der Waals surface area contributed by atoms with Crippen LogP contribution in [0.1, 0.15) is 32.0 Å². The number of carbonyl (C=O) groups is 1. The summed E-state index contributed by atoms with van der Waals surface area (Å²) in [6.45, 7) is 7.86. The Hall–Kier alpha value is -0.850. The van der Waals surface area contributed by atoms with Crippen LogP contribution in [0.4, 0.5) is 4.79 Å². The van der Waals surface area contributed by atoms with Gasteiger partial charge in [0.1, 0.15) is 5.60 Å². The molecule has 0 aliphatic rings. The van der Waals surface area contributed by atoms with Crippen LogP contribution in [-0.4, -0.2) is 16.7 Å². The van der Waals surface area contributed by atoms with E-state index < -0.39 is 11.7 Å². The van der Waals surface area contributed by atoms with E-state index in [4.69, 9.17) is 4.74 Å². The van der Waals surface area contributed by atoms with Crippen LogP contribution in [0.25, 0.3) is 0 Å². The Kier molecular flexibility index (Phi) is 4.73. The first-order chi connectivity index (χ1) is 7.78. The van der Waals surface area contributed by atoms with Crippen LogP contribution in [0, 0.1) is 10.5 Å². The van der Waals surface area contributed by atoms with E-state index in [9.17, 15) is 4.79 Å². The van der Waals surface area contributed by atoms with Crippen molar-refractivity contribution in [2.45, 2.75) is 39.8 Å². The highest BCUT2D eigenvalue weighted by Gasteiger charge is 2.16. The van der Waals surface area contributed by atoms with Crippen LogP contribution < -0.4 is 5.32 Å². The van der Waals surface area contributed by atoms with Gasteiger partial charge in [-0.15, -0.1) is 0 Å². The molecule has 0 aliphatic carbocycles. The molecule has 0 aliphatic heterocycles. The first-order valence-electron chi connectivity index (χ1n) is 5.36. The summed E-state index contributed by atoms with van der Waals surface area (Å²) in [5, 5.41) is 2.69. The molecule has 0 saturated heterocycles. The highest BCUT2D eigenvalue weighted by atomic mass is 127. The minimum absolute atomic E-state index is 0.387. The number of rotatable bonds is 2. The van der Waals surface area contributed by atoms with E-state index in [2.05, 4.69) is 32.9 Å². The van der Waals surface area contributed by atoms with E-state index in [1.165, 1.54) is 0 Å². The monoisotopic (exact) mass is 348 g/mol. The van der Waals surface area contributed by atoms with E-state index in [-0.39, 0.29) is 0 Å². The van der Waals surface area contributed by atoms with Crippen LogP contribution in [-0.2, 0) is 11.3 Å². The van der Waals surface area contributed by atoms with Crippen molar-refractivity contribution in [1.82, 2.24) is 10.3 Å². The Labute approximate surface area is 115 Å². The topological polar surface area (TPSA) is 51.2 Å². The molecule has 1 N–H and O–H groups in total. The molecule has 1 heterocycles. The fourth-order valence-corrected chi connectivity index (χ4v) is 1.83. The number of amides is 1. The molecule has 1 aromatic heterocycles. The second kappa shape index (κ2) is 5.66. The maximum absolute atomic E-state index is 11.4. The van der Waals surface area contributed by atoms with Crippen molar-refractivity contribution >= 4 is 28.7 Å². The summed E-state index contributed by atoms with van der Waals surface area (Å²) in [4.78, 5) is 15.7. The maximum atomic E-state index is 11.4. The van der Waals surface area contributed by atoms with Crippen LogP contribution in [0.15, 0.2) is 12.3 Å². The number of hydrogen-bond donors (Lipinski definition) is 1. The van der Waals surface area contributed by atoms with Gasteiger partial charge in [-0.3, -0.25) is 4.98 Å². The molecule has 0 radical (unpaired) electrons. The van der Waals surface area contributed by atoms with Gasteiger partial charge in [0.15, 0.2) is 0 Å². The van der Waals surface area contributed by atoms with Gasteiger partial charge in [-0.2, -0.15) is 0 Å². The average Bonchev–Trinajstić information content (AvgIpc) is 2.13. The lowest BCUT2D eigenvalue weighted by atomic mass is 10.2. The zero-order chi connectivity index (χ0) is 13.1. The highest BCUT2D eigenvalue weighted by Crippen LogP contribution is 2.10. The van der Waals surface area contributed by atoms with Gasteiger partial charge in [0, 0.05) is 9.77 Å². The van der Waals surface area contributed by atoms with Gasteiger partial charge >= 0.3 is 6.09 Å². The molecular weight excluding hydrogens is 331 g/mol. The lowest BCUT2D eigenvalue weighted by Gasteiger charge is -2.19. The fourth-order valence-electron chi connectivity index (χ4n) is 1.22. The lowest BCUT2D eigenvalue weighted by Crippen LogP contribution is -2.32. The van der Waals surface area contributed by atoms with Crippen LogP contribution in [0.3, 0.4) is 0 Å². The molecule has 1 rings (SSSR count). The molecule has 5 heteroatoms. The number of aryl methyl sites for hydroxylation is 1. The molecule has 0 aromatic carbocycles. The summed E-state index contributed by atoms with van der Waals surface area (Å²) in [5.41, 5.74) is 1.45. The molecule has 4 nitrogen and oxygen atoms in total. The summed E-state index contributed by atoms with van der Waals surface area (Å²) in [5.74, 6) is 0.